The van der Waals surface area contributed by atoms with Gasteiger partial charge in [0.05, 0.1) is 0 Å². The van der Waals surface area contributed by atoms with Crippen LogP contribution in [0.3, 0.4) is 0 Å². The molecule has 1 heterocycles. The summed E-state index contributed by atoms with van der Waals surface area (Å²) in [5, 5.41) is 2.81. The van der Waals surface area contributed by atoms with Gasteiger partial charge < -0.3 is 15.0 Å². The lowest BCUT2D eigenvalue weighted by molar-refractivity contribution is -0.122. The topological polar surface area (TPSA) is 58.6 Å². The third kappa shape index (κ3) is 4.39. The van der Waals surface area contributed by atoms with E-state index in [1.54, 1.807) is 24.0 Å². The highest BCUT2D eigenvalue weighted by Crippen LogP contribution is 2.24. The highest BCUT2D eigenvalue weighted by Gasteiger charge is 2.21. The van der Waals surface area contributed by atoms with Crippen molar-refractivity contribution < 1.29 is 14.3 Å². The molecule has 0 spiro atoms. The highest BCUT2D eigenvalue weighted by atomic mass is 79.9. The molecule has 0 saturated carbocycles. The Morgan fingerprint density at radius 3 is 2.44 bits per heavy atom. The second-order valence-electron chi connectivity index (χ2n) is 5.90. The fraction of sp³-hybridized carbons (Fsp3) is 0.263. The first-order valence-electron chi connectivity index (χ1n) is 8.16. The Balaban J connectivity index is 1.58. The number of carbonyl (C=O) groups excluding carboxylic acids is 2. The van der Waals surface area contributed by atoms with E-state index >= 15 is 0 Å². The Morgan fingerprint density at radius 2 is 1.84 bits per heavy atom. The van der Waals surface area contributed by atoms with Crippen LogP contribution >= 0.6 is 15.9 Å². The maximum absolute atomic E-state index is 12.2. The number of hydrogen-bond acceptors (Lipinski definition) is 3. The minimum atomic E-state index is -0.636. The van der Waals surface area contributed by atoms with E-state index in [0.29, 0.717) is 17.9 Å². The molecule has 1 saturated heterocycles. The minimum absolute atomic E-state index is 0.149. The number of rotatable bonds is 5. The summed E-state index contributed by atoms with van der Waals surface area (Å²) in [6, 6.07) is 14.6. The van der Waals surface area contributed by atoms with Gasteiger partial charge in [-0.25, -0.2) is 0 Å². The van der Waals surface area contributed by atoms with E-state index < -0.39 is 6.10 Å². The lowest BCUT2D eigenvalue weighted by atomic mass is 10.2. The third-order valence-corrected chi connectivity index (χ3v) is 4.54. The first-order valence-corrected chi connectivity index (χ1v) is 8.96. The van der Waals surface area contributed by atoms with E-state index in [9.17, 15) is 9.59 Å². The Bertz CT molecular complexity index is 759. The van der Waals surface area contributed by atoms with E-state index in [-0.39, 0.29) is 11.8 Å². The molecule has 0 unspecified atom stereocenters. The van der Waals surface area contributed by atoms with Gasteiger partial charge in [0, 0.05) is 28.8 Å². The van der Waals surface area contributed by atoms with Crippen molar-refractivity contribution in [1.29, 1.82) is 0 Å². The van der Waals surface area contributed by atoms with E-state index in [0.717, 1.165) is 23.1 Å². The molecule has 0 bridgehead atoms. The largest absolute Gasteiger partial charge is 0.481 e. The molecular weight excluding hydrogens is 384 g/mol. The molecule has 1 fully saturated rings. The Labute approximate surface area is 155 Å². The maximum Gasteiger partial charge on any atom is 0.265 e. The molecule has 2 amide bonds. The second kappa shape index (κ2) is 7.70. The quantitative estimate of drug-likeness (QED) is 0.822. The van der Waals surface area contributed by atoms with Gasteiger partial charge in [0.15, 0.2) is 6.10 Å². The summed E-state index contributed by atoms with van der Waals surface area (Å²) in [7, 11) is 0. The molecule has 1 N–H and O–H groups in total. The van der Waals surface area contributed by atoms with Gasteiger partial charge in [-0.15, -0.1) is 0 Å². The number of nitrogens with one attached hydrogen (secondary N) is 1. The zero-order valence-corrected chi connectivity index (χ0v) is 15.5. The van der Waals surface area contributed by atoms with E-state index in [1.807, 2.05) is 36.4 Å². The number of anilines is 2. The van der Waals surface area contributed by atoms with Gasteiger partial charge in [-0.3, -0.25) is 9.59 Å². The molecule has 3 rings (SSSR count). The maximum atomic E-state index is 12.2. The standard InChI is InChI=1S/C19H19BrN2O3/c1-13(19(24)21-15-6-4-14(20)5-7-15)25-17-10-8-16(9-11-17)22-12-2-3-18(22)23/h4-11,13H,2-3,12H2,1H3,(H,21,24)/t13-/m0/s1. The molecule has 6 heteroatoms. The van der Waals surface area contributed by atoms with Gasteiger partial charge in [-0.05, 0) is 61.9 Å². The average molecular weight is 403 g/mol. The number of benzene rings is 2. The van der Waals surface area contributed by atoms with Crippen LogP contribution in [0.2, 0.25) is 0 Å². The second-order valence-corrected chi connectivity index (χ2v) is 6.81. The Kier molecular flexibility index (Phi) is 5.38. The highest BCUT2D eigenvalue weighted by molar-refractivity contribution is 9.10. The molecule has 0 radical (unpaired) electrons. The van der Waals surface area contributed by atoms with Crippen LogP contribution in [-0.4, -0.2) is 24.5 Å². The number of hydrogen-bond donors (Lipinski definition) is 1. The van der Waals surface area contributed by atoms with Crippen LogP contribution in [0.25, 0.3) is 0 Å². The van der Waals surface area contributed by atoms with Gasteiger partial charge in [0.2, 0.25) is 5.91 Å². The lowest BCUT2D eigenvalue weighted by Crippen LogP contribution is -2.30. The summed E-state index contributed by atoms with van der Waals surface area (Å²) in [6.07, 6.45) is 0.860. The summed E-state index contributed by atoms with van der Waals surface area (Å²) in [5.41, 5.74) is 1.58. The Morgan fingerprint density at radius 1 is 1.16 bits per heavy atom. The van der Waals surface area contributed by atoms with Crippen molar-refractivity contribution in [3.8, 4) is 5.75 Å². The summed E-state index contributed by atoms with van der Waals surface area (Å²) in [4.78, 5) is 25.8. The summed E-state index contributed by atoms with van der Waals surface area (Å²) in [6.45, 7) is 2.46. The number of amides is 2. The zero-order chi connectivity index (χ0) is 17.8. The van der Waals surface area contributed by atoms with Crippen molar-refractivity contribution in [1.82, 2.24) is 0 Å². The van der Waals surface area contributed by atoms with Gasteiger partial charge in [0.25, 0.3) is 5.91 Å². The van der Waals surface area contributed by atoms with Crippen molar-refractivity contribution in [3.63, 3.8) is 0 Å². The minimum Gasteiger partial charge on any atom is -0.481 e. The van der Waals surface area contributed by atoms with Crippen molar-refractivity contribution in [2.24, 2.45) is 0 Å². The molecular formula is C19H19BrN2O3. The Hall–Kier alpha value is -2.34. The first kappa shape index (κ1) is 17.5. The molecule has 1 atom stereocenters. The van der Waals surface area contributed by atoms with Crippen LogP contribution < -0.4 is 15.0 Å². The van der Waals surface area contributed by atoms with Crippen LogP contribution in [0, 0.1) is 0 Å². The molecule has 25 heavy (non-hydrogen) atoms. The molecule has 1 aliphatic rings. The van der Waals surface area contributed by atoms with Gasteiger partial charge in [-0.2, -0.15) is 0 Å². The van der Waals surface area contributed by atoms with Crippen LogP contribution in [0.5, 0.6) is 5.75 Å². The lowest BCUT2D eigenvalue weighted by Gasteiger charge is -2.18. The third-order valence-electron chi connectivity index (χ3n) is 4.02. The van der Waals surface area contributed by atoms with Gasteiger partial charge in [0.1, 0.15) is 5.75 Å². The van der Waals surface area contributed by atoms with E-state index in [2.05, 4.69) is 21.2 Å². The van der Waals surface area contributed by atoms with Crippen molar-refractivity contribution in [3.05, 3.63) is 53.0 Å². The molecule has 0 aromatic heterocycles. The monoisotopic (exact) mass is 402 g/mol. The number of halogens is 1. The van der Waals surface area contributed by atoms with Crippen LogP contribution in [0.1, 0.15) is 19.8 Å². The van der Waals surface area contributed by atoms with E-state index in [1.165, 1.54) is 0 Å². The van der Waals surface area contributed by atoms with E-state index in [4.69, 9.17) is 4.74 Å². The van der Waals surface area contributed by atoms with Gasteiger partial charge >= 0.3 is 0 Å². The average Bonchev–Trinajstić information content (AvgIpc) is 3.03. The fourth-order valence-corrected chi connectivity index (χ4v) is 2.92. The summed E-state index contributed by atoms with van der Waals surface area (Å²) < 4.78 is 6.64. The molecule has 2 aromatic carbocycles. The molecule has 2 aromatic rings. The molecule has 0 aliphatic carbocycles. The fourth-order valence-electron chi connectivity index (χ4n) is 2.66. The first-order chi connectivity index (χ1) is 12.0. The van der Waals surface area contributed by atoms with Crippen LogP contribution in [0.15, 0.2) is 53.0 Å². The summed E-state index contributed by atoms with van der Waals surface area (Å²) in [5.74, 6) is 0.519. The summed E-state index contributed by atoms with van der Waals surface area (Å²) >= 11 is 3.36. The molecule has 5 nitrogen and oxygen atoms in total. The number of carbonyl (C=O) groups is 2. The van der Waals surface area contributed by atoms with Crippen LogP contribution in [0.4, 0.5) is 11.4 Å². The van der Waals surface area contributed by atoms with Crippen LogP contribution in [-0.2, 0) is 9.59 Å². The predicted octanol–water partition coefficient (Wildman–Crippen LogP) is 3.98. The predicted molar refractivity (Wildman–Crippen MR) is 101 cm³/mol. The normalized spacial score (nSPS) is 15.1. The van der Waals surface area contributed by atoms with Gasteiger partial charge in [-0.1, -0.05) is 15.9 Å². The number of ether oxygens (including phenoxy) is 1. The van der Waals surface area contributed by atoms with Crippen molar-refractivity contribution in [2.45, 2.75) is 25.9 Å². The molecule has 1 aliphatic heterocycles. The van der Waals surface area contributed by atoms with Crippen molar-refractivity contribution >= 4 is 39.1 Å². The number of nitrogens with zero attached hydrogens (tertiary/aromatic N) is 1. The smallest absolute Gasteiger partial charge is 0.265 e. The molecule has 130 valence electrons. The SMILES string of the molecule is C[C@H](Oc1ccc(N2CCCC2=O)cc1)C(=O)Nc1ccc(Br)cc1. The zero-order valence-electron chi connectivity index (χ0n) is 13.9. The van der Waals surface area contributed by atoms with Crippen molar-refractivity contribution in [2.75, 3.05) is 16.8 Å².